The van der Waals surface area contributed by atoms with E-state index >= 15 is 0 Å². The topological polar surface area (TPSA) is 50.4 Å². The van der Waals surface area contributed by atoms with Crippen LogP contribution < -0.4 is 0 Å². The van der Waals surface area contributed by atoms with Crippen molar-refractivity contribution in [3.05, 3.63) is 59.5 Å². The fraction of sp³-hybridized carbons (Fsp3) is 0.143. The maximum Gasteiger partial charge on any atom is 0.160 e. The summed E-state index contributed by atoms with van der Waals surface area (Å²) < 4.78 is 2.00. The van der Waals surface area contributed by atoms with Crippen LogP contribution in [0.4, 0.5) is 0 Å². The number of aromatic nitrogens is 3. The second-order valence-corrected chi connectivity index (χ2v) is 4.39. The van der Waals surface area contributed by atoms with Crippen molar-refractivity contribution in [1.29, 1.82) is 0 Å². The number of rotatable bonds is 2. The predicted octanol–water partition coefficient (Wildman–Crippen LogP) is 2.33. The van der Waals surface area contributed by atoms with Gasteiger partial charge in [-0.2, -0.15) is 0 Å². The molecule has 18 heavy (non-hydrogen) atoms. The molecule has 0 saturated carbocycles. The van der Waals surface area contributed by atoms with Crippen molar-refractivity contribution in [2.45, 2.75) is 13.3 Å². The molecule has 2 aromatic heterocycles. The van der Waals surface area contributed by atoms with E-state index in [1.165, 1.54) is 5.56 Å². The van der Waals surface area contributed by atoms with E-state index in [0.29, 0.717) is 6.42 Å². The maximum atomic E-state index is 9.26. The number of nitrogens with zero attached hydrogens (tertiary/aromatic N) is 3. The molecule has 3 rings (SSSR count). The van der Waals surface area contributed by atoms with Crippen LogP contribution in [-0.2, 0) is 6.42 Å². The van der Waals surface area contributed by atoms with E-state index in [-0.39, 0.29) is 5.75 Å². The molecule has 90 valence electrons. The Morgan fingerprint density at radius 1 is 1.06 bits per heavy atom. The Balaban J connectivity index is 1.99. The van der Waals surface area contributed by atoms with E-state index in [1.807, 2.05) is 41.8 Å². The first-order valence-corrected chi connectivity index (χ1v) is 5.80. The number of hydrogen-bond acceptors (Lipinski definition) is 3. The van der Waals surface area contributed by atoms with Crippen molar-refractivity contribution in [3.8, 4) is 5.75 Å². The van der Waals surface area contributed by atoms with E-state index in [0.717, 1.165) is 17.0 Å². The predicted molar refractivity (Wildman–Crippen MR) is 68.6 cm³/mol. The van der Waals surface area contributed by atoms with E-state index in [2.05, 4.69) is 10.2 Å². The second-order valence-electron chi connectivity index (χ2n) is 4.39. The van der Waals surface area contributed by atoms with E-state index in [1.54, 1.807) is 12.1 Å². The molecule has 0 spiro atoms. The highest BCUT2D eigenvalue weighted by Crippen LogP contribution is 2.14. The number of aryl methyl sites for hydroxylation is 1. The van der Waals surface area contributed by atoms with Crippen LogP contribution >= 0.6 is 0 Å². The lowest BCUT2D eigenvalue weighted by Crippen LogP contribution is -1.96. The molecule has 0 atom stereocenters. The molecule has 0 aliphatic heterocycles. The lowest BCUT2D eigenvalue weighted by Gasteiger charge is -2.02. The van der Waals surface area contributed by atoms with Gasteiger partial charge >= 0.3 is 0 Å². The van der Waals surface area contributed by atoms with Crippen LogP contribution in [0.25, 0.3) is 5.65 Å². The molecule has 0 aliphatic carbocycles. The van der Waals surface area contributed by atoms with Gasteiger partial charge < -0.3 is 5.11 Å². The van der Waals surface area contributed by atoms with Crippen LogP contribution in [0, 0.1) is 6.92 Å². The summed E-state index contributed by atoms with van der Waals surface area (Å²) in [6.45, 7) is 2.05. The highest BCUT2D eigenvalue weighted by atomic mass is 16.3. The van der Waals surface area contributed by atoms with Crippen molar-refractivity contribution >= 4 is 5.65 Å². The zero-order valence-electron chi connectivity index (χ0n) is 10.0. The maximum absolute atomic E-state index is 9.26. The standard InChI is InChI=1S/C14H13N3O/c1-10-2-7-13-15-16-14(17(13)9-10)8-11-3-5-12(18)6-4-11/h2-7,9,18H,8H2,1H3. The molecular weight excluding hydrogens is 226 g/mol. The van der Waals surface area contributed by atoms with Crippen molar-refractivity contribution in [1.82, 2.24) is 14.6 Å². The highest BCUT2D eigenvalue weighted by Gasteiger charge is 2.06. The van der Waals surface area contributed by atoms with Gasteiger partial charge in [-0.1, -0.05) is 18.2 Å². The van der Waals surface area contributed by atoms with Crippen molar-refractivity contribution in [3.63, 3.8) is 0 Å². The summed E-state index contributed by atoms with van der Waals surface area (Å²) in [6.07, 6.45) is 2.73. The number of hydrogen-bond donors (Lipinski definition) is 1. The Labute approximate surface area is 105 Å². The van der Waals surface area contributed by atoms with Crippen LogP contribution in [-0.4, -0.2) is 19.7 Å². The Bertz CT molecular complexity index is 686. The number of phenolic OH excluding ortho intramolecular Hbond substituents is 1. The van der Waals surface area contributed by atoms with Gasteiger partial charge in [0.05, 0.1) is 0 Å². The quantitative estimate of drug-likeness (QED) is 0.746. The van der Waals surface area contributed by atoms with Gasteiger partial charge in [0.1, 0.15) is 11.6 Å². The molecule has 0 amide bonds. The van der Waals surface area contributed by atoms with Gasteiger partial charge in [-0.15, -0.1) is 10.2 Å². The molecule has 0 fully saturated rings. The van der Waals surface area contributed by atoms with E-state index in [4.69, 9.17) is 0 Å². The normalized spacial score (nSPS) is 10.9. The minimum absolute atomic E-state index is 0.278. The number of benzene rings is 1. The average Bonchev–Trinajstić information content (AvgIpc) is 2.75. The minimum Gasteiger partial charge on any atom is -0.508 e. The van der Waals surface area contributed by atoms with Gasteiger partial charge in [0, 0.05) is 12.6 Å². The van der Waals surface area contributed by atoms with Gasteiger partial charge in [0.2, 0.25) is 0 Å². The summed E-state index contributed by atoms with van der Waals surface area (Å²) in [4.78, 5) is 0. The Morgan fingerprint density at radius 2 is 1.83 bits per heavy atom. The number of aromatic hydroxyl groups is 1. The zero-order chi connectivity index (χ0) is 12.5. The Hall–Kier alpha value is -2.36. The molecule has 2 heterocycles. The van der Waals surface area contributed by atoms with Crippen LogP contribution in [0.1, 0.15) is 17.0 Å². The third-order valence-electron chi connectivity index (χ3n) is 2.92. The smallest absolute Gasteiger partial charge is 0.160 e. The third kappa shape index (κ3) is 1.93. The molecule has 1 aromatic carbocycles. The number of fused-ring (bicyclic) bond motifs is 1. The van der Waals surface area contributed by atoms with E-state index < -0.39 is 0 Å². The van der Waals surface area contributed by atoms with Crippen LogP contribution in [0.5, 0.6) is 5.75 Å². The van der Waals surface area contributed by atoms with E-state index in [9.17, 15) is 5.11 Å². The summed E-state index contributed by atoms with van der Waals surface area (Å²) in [7, 11) is 0. The third-order valence-corrected chi connectivity index (χ3v) is 2.92. The fourth-order valence-corrected chi connectivity index (χ4v) is 1.96. The van der Waals surface area contributed by atoms with Gasteiger partial charge in [-0.25, -0.2) is 0 Å². The summed E-state index contributed by atoms with van der Waals surface area (Å²) in [5.74, 6) is 1.18. The molecule has 1 N–H and O–H groups in total. The molecule has 4 nitrogen and oxygen atoms in total. The van der Waals surface area contributed by atoms with Gasteiger partial charge in [-0.3, -0.25) is 4.40 Å². The molecule has 0 bridgehead atoms. The fourth-order valence-electron chi connectivity index (χ4n) is 1.96. The van der Waals surface area contributed by atoms with Crippen molar-refractivity contribution < 1.29 is 5.11 Å². The first-order valence-electron chi connectivity index (χ1n) is 5.80. The second kappa shape index (κ2) is 4.14. The van der Waals surface area contributed by atoms with Crippen molar-refractivity contribution in [2.75, 3.05) is 0 Å². The van der Waals surface area contributed by atoms with Crippen LogP contribution in [0.2, 0.25) is 0 Å². The first kappa shape index (κ1) is 10.8. The lowest BCUT2D eigenvalue weighted by atomic mass is 10.1. The molecule has 3 aromatic rings. The van der Waals surface area contributed by atoms with Gasteiger partial charge in [0.25, 0.3) is 0 Å². The minimum atomic E-state index is 0.278. The monoisotopic (exact) mass is 239 g/mol. The number of phenols is 1. The van der Waals surface area contributed by atoms with Gasteiger partial charge in [0.15, 0.2) is 5.65 Å². The lowest BCUT2D eigenvalue weighted by molar-refractivity contribution is 0.475. The Morgan fingerprint density at radius 3 is 2.61 bits per heavy atom. The van der Waals surface area contributed by atoms with Crippen LogP contribution in [0.15, 0.2) is 42.6 Å². The largest absolute Gasteiger partial charge is 0.508 e. The average molecular weight is 239 g/mol. The Kier molecular flexibility index (Phi) is 2.48. The molecular formula is C14H13N3O. The summed E-state index contributed by atoms with van der Waals surface area (Å²) >= 11 is 0. The summed E-state index contributed by atoms with van der Waals surface area (Å²) in [5.41, 5.74) is 3.13. The highest BCUT2D eigenvalue weighted by molar-refractivity contribution is 5.40. The molecule has 4 heteroatoms. The number of pyridine rings is 1. The molecule has 0 saturated heterocycles. The van der Waals surface area contributed by atoms with Crippen LogP contribution in [0.3, 0.4) is 0 Å². The summed E-state index contributed by atoms with van der Waals surface area (Å²) in [5, 5.41) is 17.6. The molecule has 0 aliphatic rings. The molecule has 0 radical (unpaired) electrons. The summed E-state index contributed by atoms with van der Waals surface area (Å²) in [6, 6.07) is 11.1. The van der Waals surface area contributed by atoms with Crippen molar-refractivity contribution in [2.24, 2.45) is 0 Å². The SMILES string of the molecule is Cc1ccc2nnc(Cc3ccc(O)cc3)n2c1. The first-order chi connectivity index (χ1) is 8.72. The zero-order valence-corrected chi connectivity index (χ0v) is 10.0. The van der Waals surface area contributed by atoms with Gasteiger partial charge in [-0.05, 0) is 36.2 Å². The molecule has 0 unspecified atom stereocenters.